The first-order valence-corrected chi connectivity index (χ1v) is 9.63. The Morgan fingerprint density at radius 1 is 0.880 bits per heavy atom. The number of aryl methyl sites for hydroxylation is 3. The van der Waals surface area contributed by atoms with Gasteiger partial charge < -0.3 is 0 Å². The monoisotopic (exact) mass is 330 g/mol. The van der Waals surface area contributed by atoms with Crippen molar-refractivity contribution in [3.8, 4) is 11.3 Å². The van der Waals surface area contributed by atoms with Crippen LogP contribution in [0.5, 0.6) is 0 Å². The second-order valence-corrected chi connectivity index (χ2v) is 7.78. The fourth-order valence-corrected chi connectivity index (χ4v) is 4.41. The first-order valence-electron chi connectivity index (χ1n) is 9.63. The molecule has 1 aromatic heterocycles. The number of benzene rings is 2. The maximum Gasteiger partial charge on any atom is 0.220 e. The third-order valence-corrected chi connectivity index (χ3v) is 5.89. The van der Waals surface area contributed by atoms with E-state index < -0.39 is 0 Å². The summed E-state index contributed by atoms with van der Waals surface area (Å²) in [7, 11) is 2.17. The van der Waals surface area contributed by atoms with Gasteiger partial charge in [0.25, 0.3) is 0 Å². The summed E-state index contributed by atoms with van der Waals surface area (Å²) in [5.41, 5.74) is 6.94. The summed E-state index contributed by atoms with van der Waals surface area (Å²) in [6, 6.07) is 16.2. The Hall–Kier alpha value is -2.15. The van der Waals surface area contributed by atoms with Crippen LogP contribution in [-0.4, -0.2) is 0 Å². The minimum atomic E-state index is 0.746. The van der Waals surface area contributed by atoms with E-state index in [4.69, 9.17) is 0 Å². The lowest BCUT2D eigenvalue weighted by Crippen LogP contribution is -2.30. The van der Waals surface area contributed by atoms with Crippen molar-refractivity contribution in [2.24, 2.45) is 7.05 Å². The van der Waals surface area contributed by atoms with E-state index in [1.165, 1.54) is 70.8 Å². The van der Waals surface area contributed by atoms with E-state index in [9.17, 15) is 0 Å². The van der Waals surface area contributed by atoms with Crippen LogP contribution in [0.25, 0.3) is 22.0 Å². The molecule has 4 rings (SSSR count). The molecule has 0 bridgehead atoms. The van der Waals surface area contributed by atoms with Gasteiger partial charge in [-0.1, -0.05) is 49.1 Å². The number of aromatic nitrogens is 1. The Morgan fingerprint density at radius 2 is 1.68 bits per heavy atom. The maximum atomic E-state index is 2.47. The van der Waals surface area contributed by atoms with Crippen molar-refractivity contribution < 1.29 is 4.57 Å². The van der Waals surface area contributed by atoms with Crippen LogP contribution in [0, 0.1) is 13.8 Å². The molecule has 0 saturated heterocycles. The molecule has 1 nitrogen and oxygen atoms in total. The number of hydrogen-bond acceptors (Lipinski definition) is 0. The van der Waals surface area contributed by atoms with Crippen molar-refractivity contribution in [2.45, 2.75) is 51.9 Å². The lowest BCUT2D eigenvalue weighted by molar-refractivity contribution is -0.659. The second kappa shape index (κ2) is 6.63. The van der Waals surface area contributed by atoms with Crippen LogP contribution in [0.4, 0.5) is 0 Å². The van der Waals surface area contributed by atoms with Gasteiger partial charge in [0.15, 0.2) is 6.20 Å². The minimum Gasteiger partial charge on any atom is -0.200 e. The molecule has 0 amide bonds. The van der Waals surface area contributed by atoms with E-state index in [0.29, 0.717) is 0 Å². The first kappa shape index (κ1) is 16.3. The number of rotatable bonds is 2. The number of hydrogen-bond donors (Lipinski definition) is 0. The summed E-state index contributed by atoms with van der Waals surface area (Å²) in [5.74, 6) is 0.746. The van der Waals surface area contributed by atoms with Gasteiger partial charge >= 0.3 is 0 Å². The zero-order valence-electron chi connectivity index (χ0n) is 15.7. The third kappa shape index (κ3) is 3.08. The van der Waals surface area contributed by atoms with Gasteiger partial charge in [0.05, 0.1) is 5.39 Å². The van der Waals surface area contributed by atoms with Crippen molar-refractivity contribution >= 4 is 10.8 Å². The molecular formula is C24H28N+. The predicted molar refractivity (Wildman–Crippen MR) is 106 cm³/mol. The smallest absolute Gasteiger partial charge is 0.200 e. The van der Waals surface area contributed by atoms with Crippen LogP contribution < -0.4 is 4.57 Å². The molecule has 128 valence electrons. The van der Waals surface area contributed by atoms with Gasteiger partial charge in [0.2, 0.25) is 5.69 Å². The van der Waals surface area contributed by atoms with Crippen molar-refractivity contribution in [3.05, 3.63) is 65.4 Å². The van der Waals surface area contributed by atoms with Crippen molar-refractivity contribution in [3.63, 3.8) is 0 Å². The largest absolute Gasteiger partial charge is 0.220 e. The molecule has 0 radical (unpaired) electrons. The Kier molecular flexibility index (Phi) is 4.33. The molecule has 3 aromatic rings. The molecule has 0 aliphatic heterocycles. The van der Waals surface area contributed by atoms with E-state index in [1.807, 2.05) is 0 Å². The molecule has 1 aliphatic rings. The molecule has 1 heteroatoms. The molecule has 0 unspecified atom stereocenters. The van der Waals surface area contributed by atoms with E-state index in [0.717, 1.165) is 5.92 Å². The highest BCUT2D eigenvalue weighted by Crippen LogP contribution is 2.36. The van der Waals surface area contributed by atoms with Crippen LogP contribution in [0.3, 0.4) is 0 Å². The van der Waals surface area contributed by atoms with Gasteiger partial charge in [-0.25, -0.2) is 4.57 Å². The second-order valence-electron chi connectivity index (χ2n) is 7.78. The Labute approximate surface area is 151 Å². The van der Waals surface area contributed by atoms with Gasteiger partial charge in [0, 0.05) is 11.6 Å². The Bertz CT molecular complexity index is 917. The van der Waals surface area contributed by atoms with Crippen LogP contribution in [0.2, 0.25) is 0 Å². The van der Waals surface area contributed by atoms with Crippen LogP contribution in [0.1, 0.15) is 54.7 Å². The maximum absolute atomic E-state index is 2.47. The highest BCUT2D eigenvalue weighted by Gasteiger charge is 2.21. The third-order valence-electron chi connectivity index (χ3n) is 5.89. The lowest BCUT2D eigenvalue weighted by Gasteiger charge is -2.22. The summed E-state index contributed by atoms with van der Waals surface area (Å²) >= 11 is 0. The van der Waals surface area contributed by atoms with E-state index in [2.05, 4.69) is 74.1 Å². The molecular weight excluding hydrogens is 302 g/mol. The van der Waals surface area contributed by atoms with Gasteiger partial charge in [-0.3, -0.25) is 0 Å². The molecule has 1 aliphatic carbocycles. The van der Waals surface area contributed by atoms with Gasteiger partial charge in [-0.2, -0.15) is 0 Å². The number of nitrogens with zero attached hydrogens (tertiary/aromatic N) is 1. The molecule has 1 fully saturated rings. The highest BCUT2D eigenvalue weighted by atomic mass is 14.9. The van der Waals surface area contributed by atoms with Crippen LogP contribution in [0.15, 0.2) is 48.7 Å². The van der Waals surface area contributed by atoms with Crippen molar-refractivity contribution in [2.75, 3.05) is 0 Å². The molecule has 0 N–H and O–H groups in total. The number of pyridine rings is 1. The molecule has 1 heterocycles. The fraction of sp³-hybridized carbons (Fsp3) is 0.375. The average molecular weight is 330 g/mol. The summed E-state index contributed by atoms with van der Waals surface area (Å²) < 4.78 is 2.28. The Balaban J connectivity index is 1.89. The van der Waals surface area contributed by atoms with E-state index >= 15 is 0 Å². The molecule has 25 heavy (non-hydrogen) atoms. The van der Waals surface area contributed by atoms with Crippen molar-refractivity contribution in [1.82, 2.24) is 0 Å². The number of fused-ring (bicyclic) bond motifs is 1. The standard InChI is InChI=1S/C24H28N/c1-17-9-12-22-21(15-17)13-14-25(3)24(22)23-16-20(11-10-18(23)2)19-7-5-4-6-8-19/h9-16,19H,4-8H2,1-3H3/q+1. The normalized spacial score (nSPS) is 15.6. The van der Waals surface area contributed by atoms with Crippen LogP contribution in [-0.2, 0) is 7.05 Å². The van der Waals surface area contributed by atoms with E-state index in [-0.39, 0.29) is 0 Å². The highest BCUT2D eigenvalue weighted by molar-refractivity contribution is 5.94. The van der Waals surface area contributed by atoms with Gasteiger partial charge in [-0.05, 0) is 61.3 Å². The predicted octanol–water partition coefficient (Wildman–Crippen LogP) is 6.00. The van der Waals surface area contributed by atoms with Crippen molar-refractivity contribution in [1.29, 1.82) is 0 Å². The quantitative estimate of drug-likeness (QED) is 0.508. The zero-order chi connectivity index (χ0) is 17.4. The minimum absolute atomic E-state index is 0.746. The zero-order valence-corrected chi connectivity index (χ0v) is 15.7. The fourth-order valence-electron chi connectivity index (χ4n) is 4.41. The molecule has 2 aromatic carbocycles. The summed E-state index contributed by atoms with van der Waals surface area (Å²) in [4.78, 5) is 0. The average Bonchev–Trinajstić information content (AvgIpc) is 2.63. The Morgan fingerprint density at radius 3 is 2.48 bits per heavy atom. The first-order chi connectivity index (χ1) is 12.1. The van der Waals surface area contributed by atoms with E-state index in [1.54, 1.807) is 0 Å². The lowest BCUT2D eigenvalue weighted by atomic mass is 9.82. The van der Waals surface area contributed by atoms with Crippen LogP contribution >= 0.6 is 0 Å². The molecule has 1 saturated carbocycles. The molecule has 0 spiro atoms. The summed E-state index contributed by atoms with van der Waals surface area (Å²) in [6.45, 7) is 4.41. The topological polar surface area (TPSA) is 3.88 Å². The van der Waals surface area contributed by atoms with Gasteiger partial charge in [0.1, 0.15) is 7.05 Å². The summed E-state index contributed by atoms with van der Waals surface area (Å²) in [5, 5.41) is 2.68. The SMILES string of the molecule is Cc1ccc2c(-c3cc(C4CCCCC4)ccc3C)[n+](C)ccc2c1. The molecule has 0 atom stereocenters. The van der Waals surface area contributed by atoms with Gasteiger partial charge in [-0.15, -0.1) is 0 Å². The summed E-state index contributed by atoms with van der Waals surface area (Å²) in [6.07, 6.45) is 9.08.